The summed E-state index contributed by atoms with van der Waals surface area (Å²) in [4.78, 5) is 0. The van der Waals surface area contributed by atoms with Crippen LogP contribution in [0, 0.1) is 0 Å². The first kappa shape index (κ1) is 15.5. The number of hydrogen-bond donors (Lipinski definition) is 0. The van der Waals surface area contributed by atoms with Gasteiger partial charge in [-0.3, -0.25) is 0 Å². The van der Waals surface area contributed by atoms with E-state index in [1.807, 2.05) is 30.3 Å². The molecule has 0 saturated carbocycles. The quantitative estimate of drug-likeness (QED) is 0.644. The van der Waals surface area contributed by atoms with E-state index in [0.29, 0.717) is 28.2 Å². The lowest BCUT2D eigenvalue weighted by atomic mass is 10.2. The molecule has 0 heterocycles. The molecule has 0 atom stereocenters. The highest BCUT2D eigenvalue weighted by Crippen LogP contribution is 2.31. The molecule has 0 spiro atoms. The van der Waals surface area contributed by atoms with Crippen molar-refractivity contribution >= 4 is 39.1 Å². The van der Waals surface area contributed by atoms with Crippen LogP contribution in [-0.4, -0.2) is 7.11 Å². The Kier molecular flexibility index (Phi) is 5.58. The van der Waals surface area contributed by atoms with Gasteiger partial charge in [-0.15, -0.1) is 0 Å². The van der Waals surface area contributed by atoms with Crippen LogP contribution in [0.5, 0.6) is 11.5 Å². The van der Waals surface area contributed by atoms with E-state index in [4.69, 9.17) is 32.7 Å². The van der Waals surface area contributed by atoms with Crippen LogP contribution in [-0.2, 0) is 11.9 Å². The van der Waals surface area contributed by atoms with Crippen molar-refractivity contribution in [2.75, 3.05) is 7.11 Å². The monoisotopic (exact) mass is 374 g/mol. The molecule has 2 nitrogen and oxygen atoms in total. The van der Waals surface area contributed by atoms with Gasteiger partial charge in [-0.1, -0.05) is 57.3 Å². The largest absolute Gasteiger partial charge is 0.493 e. The predicted octanol–water partition coefficient (Wildman–Crippen LogP) is 5.48. The number of halogens is 3. The molecule has 0 aliphatic heterocycles. The second-order valence-corrected chi connectivity index (χ2v) is 5.47. The van der Waals surface area contributed by atoms with Gasteiger partial charge in [0.25, 0.3) is 0 Å². The van der Waals surface area contributed by atoms with E-state index in [2.05, 4.69) is 15.9 Å². The Labute approximate surface area is 136 Å². The third kappa shape index (κ3) is 3.60. The van der Waals surface area contributed by atoms with Crippen molar-refractivity contribution in [3.8, 4) is 11.5 Å². The fourth-order valence-electron chi connectivity index (χ4n) is 1.73. The lowest BCUT2D eigenvalue weighted by molar-refractivity contribution is 0.284. The standard InChI is InChI=1S/C15H13BrCl2O2/c1-19-14-7-10(8-16)5-6-13(14)20-9-11-3-2-4-12(17)15(11)18/h2-7H,8-9H2,1H3. The Balaban J connectivity index is 2.16. The Morgan fingerprint density at radius 2 is 1.90 bits per heavy atom. The lowest BCUT2D eigenvalue weighted by Crippen LogP contribution is -1.99. The smallest absolute Gasteiger partial charge is 0.161 e. The summed E-state index contributed by atoms with van der Waals surface area (Å²) in [5.41, 5.74) is 1.96. The SMILES string of the molecule is COc1cc(CBr)ccc1OCc1cccc(Cl)c1Cl. The van der Waals surface area contributed by atoms with E-state index in [-0.39, 0.29) is 0 Å². The molecule has 106 valence electrons. The molecular weight excluding hydrogens is 363 g/mol. The van der Waals surface area contributed by atoms with Gasteiger partial charge >= 0.3 is 0 Å². The first-order chi connectivity index (χ1) is 9.65. The summed E-state index contributed by atoms with van der Waals surface area (Å²) in [5, 5.41) is 1.81. The molecule has 5 heteroatoms. The average Bonchev–Trinajstić information content (AvgIpc) is 2.48. The van der Waals surface area contributed by atoms with Crippen LogP contribution < -0.4 is 9.47 Å². The van der Waals surface area contributed by atoms with E-state index in [1.165, 1.54) is 0 Å². The normalized spacial score (nSPS) is 10.4. The molecule has 0 unspecified atom stereocenters. The summed E-state index contributed by atoms with van der Waals surface area (Å²) in [5.74, 6) is 1.37. The van der Waals surface area contributed by atoms with Crippen LogP contribution in [0.4, 0.5) is 0 Å². The van der Waals surface area contributed by atoms with Gasteiger partial charge in [0.2, 0.25) is 0 Å². The summed E-state index contributed by atoms with van der Waals surface area (Å²) in [6.45, 7) is 0.337. The molecule has 0 saturated heterocycles. The van der Waals surface area contributed by atoms with Gasteiger partial charge in [0.1, 0.15) is 6.61 Å². The maximum absolute atomic E-state index is 6.13. The summed E-state index contributed by atoms with van der Waals surface area (Å²) in [6.07, 6.45) is 0. The van der Waals surface area contributed by atoms with Crippen molar-refractivity contribution in [2.24, 2.45) is 0 Å². The maximum atomic E-state index is 6.13. The highest BCUT2D eigenvalue weighted by atomic mass is 79.9. The minimum atomic E-state index is 0.337. The van der Waals surface area contributed by atoms with Crippen LogP contribution >= 0.6 is 39.1 Å². The lowest BCUT2D eigenvalue weighted by Gasteiger charge is -2.12. The van der Waals surface area contributed by atoms with Crippen molar-refractivity contribution in [3.05, 3.63) is 57.6 Å². The molecule has 0 fully saturated rings. The fourth-order valence-corrected chi connectivity index (χ4v) is 2.45. The average molecular weight is 376 g/mol. The van der Waals surface area contributed by atoms with Crippen molar-refractivity contribution in [2.45, 2.75) is 11.9 Å². The van der Waals surface area contributed by atoms with Gasteiger partial charge in [-0.25, -0.2) is 0 Å². The maximum Gasteiger partial charge on any atom is 0.161 e. The molecule has 2 rings (SSSR count). The van der Waals surface area contributed by atoms with E-state index in [9.17, 15) is 0 Å². The van der Waals surface area contributed by atoms with Gasteiger partial charge in [-0.2, -0.15) is 0 Å². The molecule has 2 aromatic rings. The molecule has 0 bridgehead atoms. The Morgan fingerprint density at radius 1 is 1.10 bits per heavy atom. The topological polar surface area (TPSA) is 18.5 Å². The van der Waals surface area contributed by atoms with Crippen molar-refractivity contribution in [1.82, 2.24) is 0 Å². The van der Waals surface area contributed by atoms with E-state index in [0.717, 1.165) is 16.5 Å². The molecule has 20 heavy (non-hydrogen) atoms. The molecular formula is C15H13BrCl2O2. The van der Waals surface area contributed by atoms with Crippen LogP contribution in [0.3, 0.4) is 0 Å². The van der Waals surface area contributed by atoms with Crippen molar-refractivity contribution in [1.29, 1.82) is 0 Å². The van der Waals surface area contributed by atoms with Crippen molar-refractivity contribution in [3.63, 3.8) is 0 Å². The molecule has 0 aliphatic rings. The summed E-state index contributed by atoms with van der Waals surface area (Å²) >= 11 is 15.5. The number of benzene rings is 2. The molecule has 2 aromatic carbocycles. The van der Waals surface area contributed by atoms with Crippen LogP contribution in [0.25, 0.3) is 0 Å². The second kappa shape index (κ2) is 7.21. The molecule has 0 aromatic heterocycles. The predicted molar refractivity (Wildman–Crippen MR) is 86.4 cm³/mol. The minimum Gasteiger partial charge on any atom is -0.493 e. The second-order valence-electron chi connectivity index (χ2n) is 4.12. The molecule has 0 N–H and O–H groups in total. The van der Waals surface area contributed by atoms with Gasteiger partial charge < -0.3 is 9.47 Å². The Bertz CT molecular complexity index is 602. The van der Waals surface area contributed by atoms with E-state index >= 15 is 0 Å². The third-order valence-electron chi connectivity index (χ3n) is 2.80. The number of alkyl halides is 1. The molecule has 0 aliphatic carbocycles. The van der Waals surface area contributed by atoms with Crippen molar-refractivity contribution < 1.29 is 9.47 Å². The fraction of sp³-hybridized carbons (Fsp3) is 0.200. The van der Waals surface area contributed by atoms with Gasteiger partial charge in [-0.05, 0) is 23.8 Å². The highest BCUT2D eigenvalue weighted by Gasteiger charge is 2.08. The Morgan fingerprint density at radius 3 is 2.60 bits per heavy atom. The number of rotatable bonds is 5. The van der Waals surface area contributed by atoms with E-state index in [1.54, 1.807) is 13.2 Å². The number of hydrogen-bond acceptors (Lipinski definition) is 2. The summed E-state index contributed by atoms with van der Waals surface area (Å²) < 4.78 is 11.1. The number of ether oxygens (including phenoxy) is 2. The van der Waals surface area contributed by atoms with E-state index < -0.39 is 0 Å². The van der Waals surface area contributed by atoms with Gasteiger partial charge in [0, 0.05) is 10.9 Å². The van der Waals surface area contributed by atoms with Crippen LogP contribution in [0.2, 0.25) is 10.0 Å². The molecule has 0 amide bonds. The first-order valence-electron chi connectivity index (χ1n) is 5.94. The summed E-state index contributed by atoms with van der Waals surface area (Å²) in [6, 6.07) is 11.3. The zero-order valence-electron chi connectivity index (χ0n) is 10.8. The molecule has 0 radical (unpaired) electrons. The minimum absolute atomic E-state index is 0.337. The zero-order valence-corrected chi connectivity index (χ0v) is 13.9. The van der Waals surface area contributed by atoms with Crippen LogP contribution in [0.15, 0.2) is 36.4 Å². The Hall–Kier alpha value is -0.900. The van der Waals surface area contributed by atoms with Gasteiger partial charge in [0.15, 0.2) is 11.5 Å². The summed E-state index contributed by atoms with van der Waals surface area (Å²) in [7, 11) is 1.62. The number of methoxy groups -OCH3 is 1. The van der Waals surface area contributed by atoms with Gasteiger partial charge in [0.05, 0.1) is 17.2 Å². The highest BCUT2D eigenvalue weighted by molar-refractivity contribution is 9.08. The third-order valence-corrected chi connectivity index (χ3v) is 4.30. The van der Waals surface area contributed by atoms with Crippen LogP contribution in [0.1, 0.15) is 11.1 Å². The zero-order chi connectivity index (χ0) is 14.5. The first-order valence-corrected chi connectivity index (χ1v) is 7.82.